The zero-order valence-corrected chi connectivity index (χ0v) is 52.4. The molecule has 0 N–H and O–H groups in total. The van der Waals surface area contributed by atoms with Crippen molar-refractivity contribution in [2.24, 2.45) is 0 Å². The topological polar surface area (TPSA) is 78.9 Å². The number of esters is 3. The van der Waals surface area contributed by atoms with Gasteiger partial charge in [0.05, 0.1) is 0 Å². The van der Waals surface area contributed by atoms with E-state index in [1.54, 1.807) is 0 Å². The van der Waals surface area contributed by atoms with Crippen LogP contribution in [0.25, 0.3) is 0 Å². The Morgan fingerprint density at radius 3 is 0.817 bits per heavy atom. The van der Waals surface area contributed by atoms with E-state index in [9.17, 15) is 14.4 Å². The van der Waals surface area contributed by atoms with Gasteiger partial charge in [-0.3, -0.25) is 14.4 Å². The number of carbonyl (C=O) groups is 3. The second-order valence-corrected chi connectivity index (χ2v) is 20.9. The molecular formula is C76H118O6. The van der Waals surface area contributed by atoms with E-state index in [4.69, 9.17) is 14.2 Å². The first kappa shape index (κ1) is 76.5. The first-order valence-corrected chi connectivity index (χ1v) is 32.8. The average Bonchev–Trinajstić information content (AvgIpc) is 3.47. The van der Waals surface area contributed by atoms with E-state index in [0.29, 0.717) is 19.3 Å². The Balaban J connectivity index is 4.56. The fourth-order valence-corrected chi connectivity index (χ4v) is 8.29. The van der Waals surface area contributed by atoms with Gasteiger partial charge < -0.3 is 14.2 Å². The maximum Gasteiger partial charge on any atom is 0.306 e. The number of ether oxygens (including phenoxy) is 3. The Morgan fingerprint density at radius 2 is 0.488 bits per heavy atom. The van der Waals surface area contributed by atoms with Gasteiger partial charge in [-0.15, -0.1) is 0 Å². The second kappa shape index (κ2) is 68.0. The molecule has 0 saturated heterocycles. The molecule has 82 heavy (non-hydrogen) atoms. The molecule has 0 aliphatic heterocycles. The molecule has 6 heteroatoms. The molecule has 6 nitrogen and oxygen atoms in total. The summed E-state index contributed by atoms with van der Waals surface area (Å²) in [6.07, 6.45) is 102. The van der Waals surface area contributed by atoms with Crippen molar-refractivity contribution in [2.45, 2.75) is 264 Å². The van der Waals surface area contributed by atoms with Gasteiger partial charge in [-0.05, 0) is 154 Å². The zero-order chi connectivity index (χ0) is 59.2. The van der Waals surface area contributed by atoms with Crippen molar-refractivity contribution in [1.82, 2.24) is 0 Å². The van der Waals surface area contributed by atoms with Gasteiger partial charge in [-0.25, -0.2) is 0 Å². The van der Waals surface area contributed by atoms with Crippen molar-refractivity contribution >= 4 is 17.9 Å². The van der Waals surface area contributed by atoms with Crippen LogP contribution in [-0.2, 0) is 28.6 Å². The van der Waals surface area contributed by atoms with Crippen LogP contribution < -0.4 is 0 Å². The fourth-order valence-electron chi connectivity index (χ4n) is 8.29. The second-order valence-electron chi connectivity index (χ2n) is 20.9. The summed E-state index contributed by atoms with van der Waals surface area (Å²) in [5.41, 5.74) is 0. The zero-order valence-electron chi connectivity index (χ0n) is 52.4. The number of carbonyl (C=O) groups excluding carboxylic acids is 3. The number of hydrogen-bond donors (Lipinski definition) is 0. The number of allylic oxidation sites excluding steroid dienone is 30. The first-order valence-electron chi connectivity index (χ1n) is 32.8. The van der Waals surface area contributed by atoms with E-state index in [1.807, 2.05) is 0 Å². The SMILES string of the molecule is CC/C=C\C/C=C\C/C=C\C/C=C\C/C=C\C/C=C\C/C=C\C/C=C\C/C=C\CCCC(=O)OCC(COC(=O)CCCCCCC/C=C\CCCCCCCCC)OC(=O)CCCCC/C=C\C/C=C\C/C=C\C/C=C\C/C=C\CC. The molecule has 1 unspecified atom stereocenters. The Morgan fingerprint density at radius 1 is 0.256 bits per heavy atom. The minimum absolute atomic E-state index is 0.122. The van der Waals surface area contributed by atoms with Crippen LogP contribution >= 0.6 is 0 Å². The Hall–Kier alpha value is -5.49. The van der Waals surface area contributed by atoms with Crippen LogP contribution in [-0.4, -0.2) is 37.2 Å². The van der Waals surface area contributed by atoms with Crippen LogP contribution in [0, 0.1) is 0 Å². The Bertz CT molecular complexity index is 1920. The standard InChI is InChI=1S/C76H118O6/c1-4-7-10-13-16-19-22-25-28-31-33-34-35-36-37-38-39-40-41-42-44-45-48-51-54-57-60-63-66-69-75(78)81-72-73(71-80-74(77)68-65-62-59-56-53-50-47-30-27-24-21-18-15-12-9-6-3)82-76(79)70-67-64-61-58-55-52-49-46-43-32-29-26-23-20-17-14-11-8-5-2/h7-8,10-11,16-17,19-20,25-26,28-30,33-34,36-37,39-40,42-44,46-48,51-52,55,57,60,73H,4-6,9,12-15,18,21-24,27,31-32,35,38,41,45,49-50,53-54,56,58-59,61-72H2,1-3H3/b10-7-,11-8-,19-16-,20-17-,28-25-,29-26-,34-33-,37-36-,40-39-,44-42-,46-43-,47-30-,51-48-,55-52-,60-57-. The molecule has 0 aromatic heterocycles. The maximum absolute atomic E-state index is 12.9. The predicted molar refractivity (Wildman–Crippen MR) is 357 cm³/mol. The third-order valence-electron chi connectivity index (χ3n) is 13.1. The minimum atomic E-state index is -0.834. The molecule has 0 aliphatic carbocycles. The first-order chi connectivity index (χ1) is 40.5. The van der Waals surface area contributed by atoms with Crippen LogP contribution in [0.2, 0.25) is 0 Å². The van der Waals surface area contributed by atoms with Gasteiger partial charge in [0.2, 0.25) is 0 Å². The Kier molecular flexibility index (Phi) is 63.5. The molecule has 0 bridgehead atoms. The summed E-state index contributed by atoms with van der Waals surface area (Å²) in [6, 6.07) is 0. The summed E-state index contributed by atoms with van der Waals surface area (Å²) in [5.74, 6) is -1.03. The molecule has 1 atom stereocenters. The molecule has 0 aliphatic rings. The van der Waals surface area contributed by atoms with Gasteiger partial charge in [0.15, 0.2) is 6.10 Å². The lowest BCUT2D eigenvalue weighted by Crippen LogP contribution is -2.30. The number of rotatable bonds is 57. The van der Waals surface area contributed by atoms with Crippen molar-refractivity contribution in [2.75, 3.05) is 13.2 Å². The monoisotopic (exact) mass is 1130 g/mol. The summed E-state index contributed by atoms with van der Waals surface area (Å²) in [7, 11) is 0. The molecule has 0 spiro atoms. The molecule has 0 fully saturated rings. The lowest BCUT2D eigenvalue weighted by atomic mass is 10.1. The molecule has 0 saturated carbocycles. The molecule has 0 aromatic carbocycles. The largest absolute Gasteiger partial charge is 0.462 e. The maximum atomic E-state index is 12.9. The van der Waals surface area contributed by atoms with E-state index in [1.165, 1.54) is 57.8 Å². The van der Waals surface area contributed by atoms with E-state index >= 15 is 0 Å². The lowest BCUT2D eigenvalue weighted by molar-refractivity contribution is -0.167. The highest BCUT2D eigenvalue weighted by Crippen LogP contribution is 2.13. The van der Waals surface area contributed by atoms with Gasteiger partial charge >= 0.3 is 17.9 Å². The smallest absolute Gasteiger partial charge is 0.306 e. The fraction of sp³-hybridized carbons (Fsp3) is 0.566. The third-order valence-corrected chi connectivity index (χ3v) is 13.1. The van der Waals surface area contributed by atoms with Gasteiger partial charge in [0.25, 0.3) is 0 Å². The number of unbranched alkanes of at least 4 members (excludes halogenated alkanes) is 16. The highest BCUT2D eigenvalue weighted by molar-refractivity contribution is 5.71. The van der Waals surface area contributed by atoms with Crippen LogP contribution in [0.1, 0.15) is 258 Å². The Labute approximate surface area is 504 Å². The summed E-state index contributed by atoms with van der Waals surface area (Å²) in [6.45, 7) is 6.32. The van der Waals surface area contributed by atoms with Crippen LogP contribution in [0.5, 0.6) is 0 Å². The van der Waals surface area contributed by atoms with Gasteiger partial charge in [0.1, 0.15) is 13.2 Å². The summed E-state index contributed by atoms with van der Waals surface area (Å²) in [4.78, 5) is 38.3. The molecule has 458 valence electrons. The van der Waals surface area contributed by atoms with E-state index in [-0.39, 0.29) is 44.0 Å². The predicted octanol–water partition coefficient (Wildman–Crippen LogP) is 22.8. The van der Waals surface area contributed by atoms with Gasteiger partial charge in [0, 0.05) is 19.3 Å². The normalized spacial score (nSPS) is 13.4. The molecule has 0 aromatic rings. The highest BCUT2D eigenvalue weighted by Gasteiger charge is 2.19. The highest BCUT2D eigenvalue weighted by atomic mass is 16.6. The molecular weight excluding hydrogens is 1010 g/mol. The molecule has 0 rings (SSSR count). The van der Waals surface area contributed by atoms with Crippen LogP contribution in [0.4, 0.5) is 0 Å². The van der Waals surface area contributed by atoms with E-state index in [0.717, 1.165) is 148 Å². The van der Waals surface area contributed by atoms with Gasteiger partial charge in [-0.1, -0.05) is 267 Å². The minimum Gasteiger partial charge on any atom is -0.462 e. The van der Waals surface area contributed by atoms with Crippen LogP contribution in [0.3, 0.4) is 0 Å². The summed E-state index contributed by atoms with van der Waals surface area (Å²) in [5, 5.41) is 0. The van der Waals surface area contributed by atoms with Crippen molar-refractivity contribution < 1.29 is 28.6 Å². The van der Waals surface area contributed by atoms with Crippen molar-refractivity contribution in [3.63, 3.8) is 0 Å². The van der Waals surface area contributed by atoms with Gasteiger partial charge in [-0.2, -0.15) is 0 Å². The summed E-state index contributed by atoms with van der Waals surface area (Å²) >= 11 is 0. The molecule has 0 amide bonds. The van der Waals surface area contributed by atoms with E-state index in [2.05, 4.69) is 203 Å². The third kappa shape index (κ3) is 65.3. The summed E-state index contributed by atoms with van der Waals surface area (Å²) < 4.78 is 16.8. The average molecular weight is 1130 g/mol. The van der Waals surface area contributed by atoms with Crippen molar-refractivity contribution in [3.05, 3.63) is 182 Å². The molecule has 0 heterocycles. The number of hydrogen-bond acceptors (Lipinski definition) is 6. The van der Waals surface area contributed by atoms with Crippen molar-refractivity contribution in [3.8, 4) is 0 Å². The molecule has 0 radical (unpaired) electrons. The lowest BCUT2D eigenvalue weighted by Gasteiger charge is -2.18. The quantitative estimate of drug-likeness (QED) is 0.0261. The van der Waals surface area contributed by atoms with Crippen molar-refractivity contribution in [1.29, 1.82) is 0 Å². The van der Waals surface area contributed by atoms with E-state index < -0.39 is 6.10 Å². The van der Waals surface area contributed by atoms with Crippen LogP contribution in [0.15, 0.2) is 182 Å².